The van der Waals surface area contributed by atoms with E-state index >= 15 is 0 Å². The van der Waals surface area contributed by atoms with Crippen LogP contribution in [0.15, 0.2) is 40.9 Å². The fourth-order valence-electron chi connectivity index (χ4n) is 2.35. The van der Waals surface area contributed by atoms with Crippen LogP contribution in [-0.2, 0) is 14.9 Å². The Labute approximate surface area is 116 Å². The van der Waals surface area contributed by atoms with Crippen LogP contribution in [0.2, 0.25) is 0 Å². The Morgan fingerprint density at radius 1 is 1.50 bits per heavy atom. The molecule has 2 rings (SSSR count). The Morgan fingerprint density at radius 3 is 2.61 bits per heavy atom. The van der Waals surface area contributed by atoms with Crippen LogP contribution in [-0.4, -0.2) is 12.6 Å². The van der Waals surface area contributed by atoms with E-state index in [2.05, 4.69) is 35.0 Å². The molecular weight excluding hydrogens is 292 g/mol. The molecule has 0 radical (unpaired) electrons. The van der Waals surface area contributed by atoms with Gasteiger partial charge in [-0.3, -0.25) is 0 Å². The van der Waals surface area contributed by atoms with Crippen LogP contribution >= 0.6 is 15.9 Å². The Hall–Kier alpha value is -1.09. The minimum absolute atomic E-state index is 0.0213. The van der Waals surface area contributed by atoms with Crippen molar-refractivity contribution in [3.63, 3.8) is 0 Å². The zero-order valence-corrected chi connectivity index (χ0v) is 12.2. The van der Waals surface area contributed by atoms with Crippen LogP contribution in [0.25, 0.3) is 0 Å². The fraction of sp³-hybridized carbons (Fsp3) is 0.400. The second kappa shape index (κ2) is 5.27. The maximum atomic E-state index is 11.4. The fourth-order valence-corrected chi connectivity index (χ4v) is 2.61. The quantitative estimate of drug-likeness (QED) is 0.624. The van der Waals surface area contributed by atoms with Crippen molar-refractivity contribution in [2.45, 2.75) is 25.7 Å². The standard InChI is InChI=1S/C15H17BrO2/c1-3-18-14(17)8-9-15(10-11(15)2)12-4-6-13(16)7-5-12/h4-9,11H,3,10H2,1-2H3/b9-8+/t11-,15+/m1/s1. The Bertz CT molecular complexity index is 464. The molecule has 0 unspecified atom stereocenters. The third-order valence-corrected chi connectivity index (χ3v) is 4.08. The lowest BCUT2D eigenvalue weighted by Crippen LogP contribution is -2.07. The number of esters is 1. The predicted molar refractivity (Wildman–Crippen MR) is 75.4 cm³/mol. The van der Waals surface area contributed by atoms with Gasteiger partial charge < -0.3 is 4.74 Å². The van der Waals surface area contributed by atoms with E-state index in [1.54, 1.807) is 6.08 Å². The van der Waals surface area contributed by atoms with Gasteiger partial charge >= 0.3 is 5.97 Å². The molecule has 1 aliphatic carbocycles. The van der Waals surface area contributed by atoms with E-state index in [9.17, 15) is 4.79 Å². The molecule has 3 heteroatoms. The highest BCUT2D eigenvalue weighted by molar-refractivity contribution is 9.10. The van der Waals surface area contributed by atoms with E-state index in [4.69, 9.17) is 4.74 Å². The van der Waals surface area contributed by atoms with Crippen molar-refractivity contribution in [2.24, 2.45) is 5.92 Å². The Kier molecular flexibility index (Phi) is 3.91. The van der Waals surface area contributed by atoms with Gasteiger partial charge in [-0.25, -0.2) is 4.79 Å². The lowest BCUT2D eigenvalue weighted by Gasteiger charge is -2.12. The van der Waals surface area contributed by atoms with Crippen LogP contribution in [0.4, 0.5) is 0 Å². The number of rotatable bonds is 4. The third-order valence-electron chi connectivity index (χ3n) is 3.55. The van der Waals surface area contributed by atoms with Crippen LogP contribution in [0.3, 0.4) is 0 Å². The van der Waals surface area contributed by atoms with E-state index in [0.717, 1.165) is 10.9 Å². The summed E-state index contributed by atoms with van der Waals surface area (Å²) >= 11 is 3.44. The second-order valence-corrected chi connectivity index (χ2v) is 5.65. The first kappa shape index (κ1) is 13.3. The molecule has 0 bridgehead atoms. The molecule has 1 saturated carbocycles. The normalized spacial score (nSPS) is 26.3. The average molecular weight is 309 g/mol. The molecule has 18 heavy (non-hydrogen) atoms. The van der Waals surface area contributed by atoms with Gasteiger partial charge in [-0.1, -0.05) is 41.1 Å². The number of benzene rings is 1. The number of carbonyl (C=O) groups is 1. The van der Waals surface area contributed by atoms with Gasteiger partial charge in [0.1, 0.15) is 0 Å². The van der Waals surface area contributed by atoms with Gasteiger partial charge in [0, 0.05) is 16.0 Å². The largest absolute Gasteiger partial charge is 0.463 e. The monoisotopic (exact) mass is 308 g/mol. The smallest absolute Gasteiger partial charge is 0.330 e. The van der Waals surface area contributed by atoms with Crippen molar-refractivity contribution in [3.05, 3.63) is 46.5 Å². The summed E-state index contributed by atoms with van der Waals surface area (Å²) in [5, 5.41) is 0. The maximum absolute atomic E-state index is 11.4. The summed E-state index contributed by atoms with van der Waals surface area (Å²) in [6.45, 7) is 4.44. The molecule has 0 spiro atoms. The molecule has 0 heterocycles. The summed E-state index contributed by atoms with van der Waals surface area (Å²) in [7, 11) is 0. The average Bonchev–Trinajstić information content (AvgIpc) is 3.00. The van der Waals surface area contributed by atoms with Crippen LogP contribution in [0, 0.1) is 5.92 Å². The highest BCUT2D eigenvalue weighted by Gasteiger charge is 2.50. The van der Waals surface area contributed by atoms with Crippen molar-refractivity contribution in [1.82, 2.24) is 0 Å². The third kappa shape index (κ3) is 2.66. The first-order valence-electron chi connectivity index (χ1n) is 6.20. The van der Waals surface area contributed by atoms with Crippen molar-refractivity contribution in [2.75, 3.05) is 6.61 Å². The lowest BCUT2D eigenvalue weighted by atomic mass is 9.93. The minimum Gasteiger partial charge on any atom is -0.463 e. The zero-order chi connectivity index (χ0) is 13.2. The predicted octanol–water partition coefficient (Wildman–Crippen LogP) is 3.85. The molecule has 0 aromatic heterocycles. The highest BCUT2D eigenvalue weighted by Crippen LogP contribution is 2.55. The van der Waals surface area contributed by atoms with Crippen molar-refractivity contribution < 1.29 is 9.53 Å². The molecule has 2 atom stereocenters. The first-order valence-corrected chi connectivity index (χ1v) is 7.00. The molecule has 1 aromatic rings. The van der Waals surface area contributed by atoms with Crippen LogP contribution < -0.4 is 0 Å². The summed E-state index contributed by atoms with van der Waals surface area (Å²) in [5.74, 6) is 0.317. The molecule has 0 N–H and O–H groups in total. The number of hydrogen-bond donors (Lipinski definition) is 0. The van der Waals surface area contributed by atoms with E-state index in [0.29, 0.717) is 12.5 Å². The minimum atomic E-state index is -0.256. The zero-order valence-electron chi connectivity index (χ0n) is 10.7. The summed E-state index contributed by atoms with van der Waals surface area (Å²) < 4.78 is 6.00. The first-order chi connectivity index (χ1) is 8.58. The maximum Gasteiger partial charge on any atom is 0.330 e. The van der Waals surface area contributed by atoms with E-state index < -0.39 is 0 Å². The highest BCUT2D eigenvalue weighted by atomic mass is 79.9. The summed E-state index contributed by atoms with van der Waals surface area (Å²) in [6.07, 6.45) is 4.65. The topological polar surface area (TPSA) is 26.3 Å². The van der Waals surface area contributed by atoms with Gasteiger partial charge in [-0.2, -0.15) is 0 Å². The van der Waals surface area contributed by atoms with Crippen molar-refractivity contribution in [3.8, 4) is 0 Å². The summed E-state index contributed by atoms with van der Waals surface area (Å²) in [5.41, 5.74) is 1.28. The molecular formula is C15H17BrO2. The van der Waals surface area contributed by atoms with Gasteiger partial charge in [-0.05, 0) is 37.0 Å². The number of hydrogen-bond acceptors (Lipinski definition) is 2. The summed E-state index contributed by atoms with van der Waals surface area (Å²) in [6, 6.07) is 8.31. The molecule has 1 aromatic carbocycles. The molecule has 0 aliphatic heterocycles. The van der Waals surface area contributed by atoms with Gasteiger partial charge in [0.15, 0.2) is 0 Å². The Balaban J connectivity index is 2.17. The van der Waals surface area contributed by atoms with Crippen molar-refractivity contribution in [1.29, 1.82) is 0 Å². The van der Waals surface area contributed by atoms with Gasteiger partial charge in [-0.15, -0.1) is 0 Å². The van der Waals surface area contributed by atoms with E-state index in [-0.39, 0.29) is 11.4 Å². The molecule has 0 amide bonds. The van der Waals surface area contributed by atoms with Gasteiger partial charge in [0.2, 0.25) is 0 Å². The number of halogens is 1. The number of carbonyl (C=O) groups excluding carboxylic acids is 1. The van der Waals surface area contributed by atoms with E-state index in [1.807, 2.05) is 25.1 Å². The van der Waals surface area contributed by atoms with Gasteiger partial charge in [0.05, 0.1) is 6.61 Å². The van der Waals surface area contributed by atoms with Crippen LogP contribution in [0.1, 0.15) is 25.8 Å². The summed E-state index contributed by atoms with van der Waals surface area (Å²) in [4.78, 5) is 11.4. The molecule has 0 saturated heterocycles. The van der Waals surface area contributed by atoms with Gasteiger partial charge in [0.25, 0.3) is 0 Å². The number of ether oxygens (including phenoxy) is 1. The molecule has 1 aliphatic rings. The van der Waals surface area contributed by atoms with Crippen molar-refractivity contribution >= 4 is 21.9 Å². The molecule has 96 valence electrons. The number of allylic oxidation sites excluding steroid dienone is 1. The molecule has 1 fully saturated rings. The van der Waals surface area contributed by atoms with Crippen LogP contribution in [0.5, 0.6) is 0 Å². The Morgan fingerprint density at radius 2 is 2.11 bits per heavy atom. The lowest BCUT2D eigenvalue weighted by molar-refractivity contribution is -0.137. The SMILES string of the molecule is CCOC(=O)/C=C/[C@]1(c2ccc(Br)cc2)C[C@H]1C. The molecule has 2 nitrogen and oxygen atoms in total. The van der Waals surface area contributed by atoms with E-state index in [1.165, 1.54) is 5.56 Å². The second-order valence-electron chi connectivity index (χ2n) is 4.74.